The minimum absolute atomic E-state index is 0.0188. The minimum Gasteiger partial charge on any atom is -0.464 e. The summed E-state index contributed by atoms with van der Waals surface area (Å²) in [6.45, 7) is 4.67. The van der Waals surface area contributed by atoms with E-state index >= 15 is 0 Å². The molecule has 16 nitrogen and oxygen atoms in total. The maximum absolute atomic E-state index is 13.6. The van der Waals surface area contributed by atoms with Gasteiger partial charge in [-0.1, -0.05) is 0 Å². The van der Waals surface area contributed by atoms with Gasteiger partial charge in [0.25, 0.3) is 0 Å². The van der Waals surface area contributed by atoms with E-state index in [2.05, 4.69) is 5.32 Å². The van der Waals surface area contributed by atoms with Crippen molar-refractivity contribution in [3.8, 4) is 5.75 Å². The molecule has 1 aliphatic rings. The van der Waals surface area contributed by atoms with E-state index in [4.69, 9.17) is 37.6 Å². The number of hydrogen-bond donors (Lipinski definition) is 1. The summed E-state index contributed by atoms with van der Waals surface area (Å²) in [4.78, 5) is 87.4. The Morgan fingerprint density at radius 3 is 2.22 bits per heavy atom. The lowest BCUT2D eigenvalue weighted by Crippen LogP contribution is -2.70. The lowest BCUT2D eigenvalue weighted by Gasteiger charge is -2.48. The molecule has 280 valence electrons. The van der Waals surface area contributed by atoms with E-state index in [0.29, 0.717) is 10.9 Å². The van der Waals surface area contributed by atoms with Gasteiger partial charge in [-0.3, -0.25) is 24.0 Å². The third-order valence-electron chi connectivity index (χ3n) is 7.29. The molecular formula is C32H36F3NO15. The number of hydrogen-bond acceptors (Lipinski definition) is 15. The smallest absolute Gasteiger partial charge is 0.389 e. The molecule has 0 radical (unpaired) electrons. The van der Waals surface area contributed by atoms with Crippen molar-refractivity contribution < 1.29 is 79.5 Å². The molecule has 1 unspecified atom stereocenters. The van der Waals surface area contributed by atoms with Crippen molar-refractivity contribution in [1.82, 2.24) is 5.32 Å². The summed E-state index contributed by atoms with van der Waals surface area (Å²) in [7, 11) is 0.937. The second-order valence-corrected chi connectivity index (χ2v) is 11.4. The Bertz CT molecular complexity index is 1710. The van der Waals surface area contributed by atoms with Crippen LogP contribution >= 0.6 is 0 Å². The predicted molar refractivity (Wildman–Crippen MR) is 163 cm³/mol. The number of rotatable bonds is 13. The second-order valence-electron chi connectivity index (χ2n) is 11.4. The molecule has 1 aliphatic heterocycles. The summed E-state index contributed by atoms with van der Waals surface area (Å²) in [5, 5.41) is 2.77. The fourth-order valence-electron chi connectivity index (χ4n) is 5.34. The summed E-state index contributed by atoms with van der Waals surface area (Å²) in [6, 6.07) is 3.57. The zero-order chi connectivity index (χ0) is 38.3. The largest absolute Gasteiger partial charge is 0.464 e. The van der Waals surface area contributed by atoms with Crippen LogP contribution in [-0.2, 0) is 57.2 Å². The van der Waals surface area contributed by atoms with Crippen LogP contribution in [0, 0.1) is 6.92 Å². The molecule has 1 N–H and O–H groups in total. The molecule has 0 saturated carbocycles. The van der Waals surface area contributed by atoms with Gasteiger partial charge in [-0.15, -0.1) is 0 Å². The van der Waals surface area contributed by atoms with Crippen LogP contribution in [0.15, 0.2) is 33.5 Å². The first kappa shape index (κ1) is 40.2. The van der Waals surface area contributed by atoms with Crippen molar-refractivity contribution in [3.63, 3.8) is 0 Å². The number of alkyl halides is 3. The maximum Gasteiger partial charge on any atom is 0.389 e. The van der Waals surface area contributed by atoms with E-state index in [1.165, 1.54) is 24.3 Å². The second kappa shape index (κ2) is 16.7. The van der Waals surface area contributed by atoms with Gasteiger partial charge in [-0.25, -0.2) is 9.59 Å². The zero-order valence-corrected chi connectivity index (χ0v) is 28.3. The number of nitrogens with one attached hydrogen (secondary N) is 1. The van der Waals surface area contributed by atoms with E-state index < -0.39 is 110 Å². The Kier molecular flexibility index (Phi) is 13.2. The van der Waals surface area contributed by atoms with Gasteiger partial charge >= 0.3 is 47.4 Å². The first-order valence-electron chi connectivity index (χ1n) is 15.2. The van der Waals surface area contributed by atoms with Crippen molar-refractivity contribution in [2.45, 2.75) is 96.3 Å². The highest BCUT2D eigenvalue weighted by Gasteiger charge is 2.60. The summed E-state index contributed by atoms with van der Waals surface area (Å²) >= 11 is 0. The van der Waals surface area contributed by atoms with Crippen LogP contribution < -0.4 is 15.7 Å². The van der Waals surface area contributed by atoms with Crippen LogP contribution in [0.3, 0.4) is 0 Å². The van der Waals surface area contributed by atoms with E-state index in [1.54, 1.807) is 6.92 Å². The highest BCUT2D eigenvalue weighted by molar-refractivity contribution is 5.82. The molecule has 3 rings (SSSR count). The molecule has 19 heteroatoms. The molecule has 6 atom stereocenters. The Hall–Kier alpha value is -5.20. The highest BCUT2D eigenvalue weighted by atomic mass is 19.4. The Balaban J connectivity index is 2.27. The summed E-state index contributed by atoms with van der Waals surface area (Å²) in [5.41, 5.74) is -0.149. The molecule has 1 amide bonds. The molecule has 2 aromatic rings. The lowest BCUT2D eigenvalue weighted by molar-refractivity contribution is -0.289. The van der Waals surface area contributed by atoms with Crippen molar-refractivity contribution in [3.05, 3.63) is 40.2 Å². The van der Waals surface area contributed by atoms with Gasteiger partial charge in [-0.2, -0.15) is 13.2 Å². The number of fused-ring (bicyclic) bond motifs is 1. The summed E-state index contributed by atoms with van der Waals surface area (Å²) in [6.07, 6.45) is -15.6. The third-order valence-corrected chi connectivity index (χ3v) is 7.29. The molecule has 1 saturated heterocycles. The van der Waals surface area contributed by atoms with E-state index in [0.717, 1.165) is 34.8 Å². The Morgan fingerprint density at radius 1 is 0.980 bits per heavy atom. The van der Waals surface area contributed by atoms with Crippen molar-refractivity contribution in [1.29, 1.82) is 0 Å². The van der Waals surface area contributed by atoms with Crippen LogP contribution in [0.2, 0.25) is 0 Å². The highest BCUT2D eigenvalue weighted by Crippen LogP contribution is 2.38. The monoisotopic (exact) mass is 731 g/mol. The number of benzene rings is 1. The molecule has 0 bridgehead atoms. The molecule has 1 aromatic carbocycles. The topological polar surface area (TPSA) is 209 Å². The number of ether oxygens (including phenoxy) is 7. The fourth-order valence-corrected chi connectivity index (χ4v) is 5.34. The van der Waals surface area contributed by atoms with Gasteiger partial charge in [0, 0.05) is 51.6 Å². The minimum atomic E-state index is -4.74. The van der Waals surface area contributed by atoms with Crippen molar-refractivity contribution in [2.24, 2.45) is 0 Å². The molecule has 0 spiro atoms. The average molecular weight is 732 g/mol. The lowest BCUT2D eigenvalue weighted by atomic mass is 9.87. The number of methoxy groups -OCH3 is 1. The molecule has 0 aliphatic carbocycles. The fraction of sp³-hybridized carbons (Fsp3) is 0.531. The SMILES string of the molecule is COC(=O)C1(Oc2ccc3c(C)cc(=O)oc3c2)C[C@H](OC(C)=O)[C@@H](NC(=O)CCC(F)(F)F)[C@H]([C@@H](OC(C)=O)[C@@H](COC(C)=O)OC(C)=O)O1. The first-order chi connectivity index (χ1) is 23.7. The summed E-state index contributed by atoms with van der Waals surface area (Å²) < 4.78 is 82.7. The molecule has 51 heavy (non-hydrogen) atoms. The van der Waals surface area contributed by atoms with Crippen LogP contribution in [0.5, 0.6) is 5.75 Å². The van der Waals surface area contributed by atoms with Crippen LogP contribution in [0.4, 0.5) is 13.2 Å². The van der Waals surface area contributed by atoms with E-state index in [9.17, 15) is 46.7 Å². The predicted octanol–water partition coefficient (Wildman–Crippen LogP) is 2.32. The van der Waals surface area contributed by atoms with Gasteiger partial charge in [0.2, 0.25) is 5.91 Å². The van der Waals surface area contributed by atoms with Crippen LogP contribution in [-0.4, -0.2) is 91.9 Å². The number of halogens is 3. The van der Waals surface area contributed by atoms with Crippen molar-refractivity contribution >= 4 is 46.7 Å². The summed E-state index contributed by atoms with van der Waals surface area (Å²) in [5.74, 6) is -9.32. The van der Waals surface area contributed by atoms with Gasteiger partial charge < -0.3 is 42.9 Å². The number of aryl methyl sites for hydroxylation is 1. The maximum atomic E-state index is 13.6. The third kappa shape index (κ3) is 11.1. The zero-order valence-electron chi connectivity index (χ0n) is 28.3. The molecule has 1 aromatic heterocycles. The van der Waals surface area contributed by atoms with Gasteiger partial charge in [0.1, 0.15) is 30.1 Å². The van der Waals surface area contributed by atoms with Gasteiger partial charge in [-0.05, 0) is 24.6 Å². The van der Waals surface area contributed by atoms with Crippen LogP contribution in [0.25, 0.3) is 11.0 Å². The number of carbonyl (C=O) groups excluding carboxylic acids is 6. The van der Waals surface area contributed by atoms with E-state index in [1.807, 2.05) is 0 Å². The van der Waals surface area contributed by atoms with Crippen LogP contribution in [0.1, 0.15) is 52.5 Å². The number of amides is 1. The van der Waals surface area contributed by atoms with Gasteiger partial charge in [0.15, 0.2) is 12.2 Å². The normalized spacial score (nSPS) is 21.4. The Morgan fingerprint density at radius 2 is 1.65 bits per heavy atom. The van der Waals surface area contributed by atoms with Gasteiger partial charge in [0.05, 0.1) is 26.0 Å². The molecule has 2 heterocycles. The van der Waals surface area contributed by atoms with Crippen molar-refractivity contribution in [2.75, 3.05) is 13.7 Å². The van der Waals surface area contributed by atoms with E-state index in [-0.39, 0.29) is 11.3 Å². The number of carbonyl (C=O) groups is 6. The molecule has 1 fully saturated rings. The Labute approximate surface area is 287 Å². The first-order valence-corrected chi connectivity index (χ1v) is 15.2. The number of esters is 5. The molecular weight excluding hydrogens is 695 g/mol. The quantitative estimate of drug-likeness (QED) is 0.178. The standard InChI is InChI=1S/C32H36F3NO15/c1-15-11-26(42)49-22-12-20(7-8-21(15)22)50-31(30(43)44-6)13-23(46-17(3)38)27(36-25(41)9-10-32(33,34)35)29(51-31)28(48-19(5)40)24(47-18(4)39)14-45-16(2)37/h7-8,11-12,23-24,27-29H,9-10,13-14H2,1-6H3,(H,36,41)/t23-,24+,27+,28-,29+,31?/m0/s1. The average Bonchev–Trinajstić information content (AvgIpc) is 3.00.